The van der Waals surface area contributed by atoms with Crippen molar-refractivity contribution in [1.82, 2.24) is 14.9 Å². The zero-order valence-electron chi connectivity index (χ0n) is 26.3. The van der Waals surface area contributed by atoms with E-state index in [-0.39, 0.29) is 5.91 Å². The van der Waals surface area contributed by atoms with Gasteiger partial charge in [-0.15, -0.1) is 6.58 Å². The summed E-state index contributed by atoms with van der Waals surface area (Å²) >= 11 is 0. The van der Waals surface area contributed by atoms with Crippen molar-refractivity contribution in [3.05, 3.63) is 90.3 Å². The molecular weight excluding hydrogens is 554 g/mol. The van der Waals surface area contributed by atoms with Crippen molar-refractivity contribution in [2.24, 2.45) is 0 Å². The van der Waals surface area contributed by atoms with Crippen LogP contribution in [0.3, 0.4) is 0 Å². The zero-order valence-corrected chi connectivity index (χ0v) is 26.3. The Bertz CT molecular complexity index is 1510. The number of carbonyl (C=O) groups is 1. The van der Waals surface area contributed by atoms with Gasteiger partial charge in [-0.3, -0.25) is 4.79 Å². The third kappa shape index (κ3) is 9.02. The van der Waals surface area contributed by atoms with Crippen LogP contribution < -0.4 is 24.3 Å². The van der Waals surface area contributed by atoms with Gasteiger partial charge in [0.25, 0.3) is 0 Å². The van der Waals surface area contributed by atoms with E-state index in [9.17, 15) is 4.79 Å². The Hall–Kier alpha value is -4.46. The van der Waals surface area contributed by atoms with E-state index in [4.69, 9.17) is 23.9 Å². The maximum Gasteiger partial charge on any atom is 0.224 e. The zero-order chi connectivity index (χ0) is 31.1. The quantitative estimate of drug-likeness (QED) is 0.0952. The van der Waals surface area contributed by atoms with Crippen LogP contribution in [0.4, 0.5) is 0 Å². The van der Waals surface area contributed by atoms with Crippen molar-refractivity contribution in [3.8, 4) is 23.0 Å². The van der Waals surface area contributed by atoms with Crippen molar-refractivity contribution in [1.29, 1.82) is 0 Å². The van der Waals surface area contributed by atoms with Crippen molar-refractivity contribution >= 4 is 16.9 Å². The van der Waals surface area contributed by atoms with E-state index in [0.29, 0.717) is 31.1 Å². The molecule has 0 unspecified atom stereocenters. The molecule has 8 nitrogen and oxygen atoms in total. The Morgan fingerprint density at radius 1 is 0.841 bits per heavy atom. The Kier molecular flexibility index (Phi) is 12.5. The summed E-state index contributed by atoms with van der Waals surface area (Å²) < 4.78 is 24.5. The van der Waals surface area contributed by atoms with Gasteiger partial charge in [-0.05, 0) is 79.6 Å². The lowest BCUT2D eigenvalue weighted by Gasteiger charge is -2.13. The Morgan fingerprint density at radius 2 is 1.57 bits per heavy atom. The second-order valence-electron chi connectivity index (χ2n) is 10.7. The highest BCUT2D eigenvalue weighted by atomic mass is 16.5. The molecule has 3 aromatic carbocycles. The summed E-state index contributed by atoms with van der Waals surface area (Å²) in [5.41, 5.74) is 4.25. The molecule has 0 radical (unpaired) electrons. The number of para-hydroxylation sites is 2. The summed E-state index contributed by atoms with van der Waals surface area (Å²) in [6.07, 6.45) is 8.75. The highest BCUT2D eigenvalue weighted by Gasteiger charge is 2.12. The number of aryl methyl sites for hydroxylation is 2. The molecule has 0 atom stereocenters. The number of imidazole rings is 1. The molecule has 4 aromatic rings. The van der Waals surface area contributed by atoms with Crippen molar-refractivity contribution < 1.29 is 23.7 Å². The lowest BCUT2D eigenvalue weighted by Crippen LogP contribution is -2.26. The van der Waals surface area contributed by atoms with E-state index in [0.717, 1.165) is 85.5 Å². The number of fused-ring (bicyclic) bond motifs is 1. The minimum Gasteiger partial charge on any atom is -0.493 e. The fourth-order valence-corrected chi connectivity index (χ4v) is 5.30. The van der Waals surface area contributed by atoms with Gasteiger partial charge >= 0.3 is 0 Å². The molecule has 0 spiro atoms. The second kappa shape index (κ2) is 17.0. The first-order valence-corrected chi connectivity index (χ1v) is 15.4. The van der Waals surface area contributed by atoms with Crippen LogP contribution in [0.15, 0.2) is 73.3 Å². The monoisotopic (exact) mass is 599 g/mol. The van der Waals surface area contributed by atoms with E-state index >= 15 is 0 Å². The number of unbranched alkanes of at least 4 members (excludes halogenated alkanes) is 3. The van der Waals surface area contributed by atoms with Gasteiger partial charge in [-0.2, -0.15) is 0 Å². The molecule has 0 aliphatic carbocycles. The first-order chi connectivity index (χ1) is 21.6. The van der Waals surface area contributed by atoms with Gasteiger partial charge in [0.1, 0.15) is 5.82 Å². The average Bonchev–Trinajstić information content (AvgIpc) is 3.40. The highest BCUT2D eigenvalue weighted by molar-refractivity contribution is 5.78. The molecule has 4 rings (SSSR count). The van der Waals surface area contributed by atoms with Gasteiger partial charge in [0.05, 0.1) is 45.4 Å². The molecule has 0 saturated heterocycles. The van der Waals surface area contributed by atoms with E-state index in [2.05, 4.69) is 40.7 Å². The molecule has 0 fully saturated rings. The molecule has 1 aromatic heterocycles. The first kappa shape index (κ1) is 32.5. The number of nitrogens with one attached hydrogen (secondary N) is 1. The number of ether oxygens (including phenoxy) is 4. The van der Waals surface area contributed by atoms with E-state index in [1.807, 2.05) is 42.5 Å². The maximum absolute atomic E-state index is 12.4. The predicted molar refractivity (Wildman–Crippen MR) is 175 cm³/mol. The van der Waals surface area contributed by atoms with Crippen LogP contribution in [0.2, 0.25) is 0 Å². The Morgan fingerprint density at radius 3 is 2.36 bits per heavy atom. The van der Waals surface area contributed by atoms with Crippen LogP contribution in [-0.2, 0) is 30.6 Å². The molecule has 1 amide bonds. The van der Waals surface area contributed by atoms with Crippen LogP contribution in [0, 0.1) is 0 Å². The van der Waals surface area contributed by atoms with Gasteiger partial charge in [0, 0.05) is 19.5 Å². The number of carbonyl (C=O) groups excluding carboxylic acids is 1. The van der Waals surface area contributed by atoms with Crippen LogP contribution in [-0.4, -0.2) is 49.9 Å². The van der Waals surface area contributed by atoms with E-state index < -0.39 is 0 Å². The second-order valence-corrected chi connectivity index (χ2v) is 10.7. The summed E-state index contributed by atoms with van der Waals surface area (Å²) in [6.45, 7) is 5.97. The number of rotatable bonds is 19. The lowest BCUT2D eigenvalue weighted by atomic mass is 10.1. The predicted octanol–water partition coefficient (Wildman–Crippen LogP) is 6.72. The molecule has 44 heavy (non-hydrogen) atoms. The molecule has 0 aliphatic rings. The topological polar surface area (TPSA) is 83.8 Å². The standard InChI is InChI=1S/C36H45N3O5/c1-5-13-27-17-20-32(34(24-27)43-4)44-23-12-11-22-39-30-15-9-8-14-29(30)38-35(39)16-7-6-10-21-37-36(40)26-28-18-19-31(41-2)33(25-28)42-3/h5,8-9,14-15,17-20,24-25H,1,6-7,10-13,16,21-23,26H2,2-4H3,(H,37,40). The van der Waals surface area contributed by atoms with Gasteiger partial charge in [0.15, 0.2) is 23.0 Å². The molecule has 1 heterocycles. The Labute approximate surface area is 261 Å². The molecule has 0 aliphatic heterocycles. The summed E-state index contributed by atoms with van der Waals surface area (Å²) in [6, 6.07) is 19.9. The number of benzene rings is 3. The average molecular weight is 600 g/mol. The molecule has 1 N–H and O–H groups in total. The largest absolute Gasteiger partial charge is 0.493 e. The fraction of sp³-hybridized carbons (Fsp3) is 0.389. The highest BCUT2D eigenvalue weighted by Crippen LogP contribution is 2.29. The van der Waals surface area contributed by atoms with E-state index in [1.165, 1.54) is 5.52 Å². The lowest BCUT2D eigenvalue weighted by molar-refractivity contribution is -0.120. The van der Waals surface area contributed by atoms with Crippen LogP contribution in [0.1, 0.15) is 49.1 Å². The number of methoxy groups -OCH3 is 3. The van der Waals surface area contributed by atoms with Gasteiger partial charge in [-0.1, -0.05) is 36.8 Å². The van der Waals surface area contributed by atoms with E-state index in [1.54, 1.807) is 21.3 Å². The SMILES string of the molecule is C=CCc1ccc(OCCCCn2c(CCCCCNC(=O)Cc3ccc(OC)c(OC)c3)nc3ccccc32)c(OC)c1. The minimum absolute atomic E-state index is 0.00569. The number of allylic oxidation sites excluding steroid dienone is 1. The fourth-order valence-electron chi connectivity index (χ4n) is 5.30. The van der Waals surface area contributed by atoms with Crippen LogP contribution in [0.5, 0.6) is 23.0 Å². The first-order valence-electron chi connectivity index (χ1n) is 15.4. The Balaban J connectivity index is 1.20. The number of amides is 1. The third-order valence-corrected chi connectivity index (χ3v) is 7.59. The van der Waals surface area contributed by atoms with Crippen molar-refractivity contribution in [2.75, 3.05) is 34.5 Å². The summed E-state index contributed by atoms with van der Waals surface area (Å²) in [7, 11) is 4.86. The van der Waals surface area contributed by atoms with Crippen molar-refractivity contribution in [2.45, 2.75) is 57.9 Å². The minimum atomic E-state index is 0.00569. The summed E-state index contributed by atoms with van der Waals surface area (Å²) in [5, 5.41) is 3.04. The molecular formula is C36H45N3O5. The van der Waals surface area contributed by atoms with Crippen LogP contribution >= 0.6 is 0 Å². The van der Waals surface area contributed by atoms with Gasteiger partial charge < -0.3 is 28.8 Å². The third-order valence-electron chi connectivity index (χ3n) is 7.59. The molecule has 8 heteroatoms. The summed E-state index contributed by atoms with van der Waals surface area (Å²) in [5.74, 6) is 3.93. The number of nitrogens with zero attached hydrogens (tertiary/aromatic N) is 2. The summed E-state index contributed by atoms with van der Waals surface area (Å²) in [4.78, 5) is 17.4. The molecule has 234 valence electrons. The maximum atomic E-state index is 12.4. The normalized spacial score (nSPS) is 10.9. The smallest absolute Gasteiger partial charge is 0.224 e. The molecule has 0 bridgehead atoms. The number of hydrogen-bond acceptors (Lipinski definition) is 6. The van der Waals surface area contributed by atoms with Crippen LogP contribution in [0.25, 0.3) is 11.0 Å². The number of hydrogen-bond donors (Lipinski definition) is 1. The molecule has 0 saturated carbocycles. The van der Waals surface area contributed by atoms with Gasteiger partial charge in [-0.25, -0.2) is 4.98 Å². The van der Waals surface area contributed by atoms with Crippen molar-refractivity contribution in [3.63, 3.8) is 0 Å². The number of aromatic nitrogens is 2. The van der Waals surface area contributed by atoms with Gasteiger partial charge in [0.2, 0.25) is 5.91 Å².